The number of amides is 2. The number of hydrogen-bond donors (Lipinski definition) is 2. The molecule has 0 radical (unpaired) electrons. The number of carbonyl (C=O) groups excluding carboxylic acids is 2. The van der Waals surface area contributed by atoms with Crippen LogP contribution in [0.15, 0.2) is 42.5 Å². The number of benzene rings is 2. The summed E-state index contributed by atoms with van der Waals surface area (Å²) >= 11 is 0. The molecule has 0 saturated heterocycles. The number of nitrogens with two attached hydrogens (primary N) is 1. The summed E-state index contributed by atoms with van der Waals surface area (Å²) in [5.74, 6) is -3.88. The zero-order valence-electron chi connectivity index (χ0n) is 15.1. The van der Waals surface area contributed by atoms with E-state index in [0.29, 0.717) is 11.3 Å². The van der Waals surface area contributed by atoms with Crippen molar-refractivity contribution in [1.29, 1.82) is 0 Å². The Bertz CT molecular complexity index is 840. The summed E-state index contributed by atoms with van der Waals surface area (Å²) < 4.78 is 28.8. The Hall–Kier alpha value is -2.80. The molecule has 0 saturated carbocycles. The fraction of sp³-hybridized carbons (Fsp3) is 0.300. The van der Waals surface area contributed by atoms with Gasteiger partial charge in [0.05, 0.1) is 6.04 Å². The minimum absolute atomic E-state index is 0.309. The number of para-hydroxylation sites is 2. The van der Waals surface area contributed by atoms with Crippen LogP contribution in [0.3, 0.4) is 0 Å². The van der Waals surface area contributed by atoms with Crippen molar-refractivity contribution < 1.29 is 18.4 Å². The monoisotopic (exact) mass is 373 g/mol. The maximum atomic E-state index is 14.4. The number of fused-ring (bicyclic) bond motifs is 1. The van der Waals surface area contributed by atoms with Gasteiger partial charge in [-0.2, -0.15) is 0 Å². The highest BCUT2D eigenvalue weighted by Crippen LogP contribution is 2.30. The van der Waals surface area contributed by atoms with Gasteiger partial charge in [-0.1, -0.05) is 38.1 Å². The standard InChI is InChI=1S/C20H21F2N3O2/c1-11(2)17(23)20(27)25(18-13(21)7-5-8-14(18)22)19(26)16-10-12-6-3-4-9-15(12)24-16/h3-9,11,16-17,24H,10,23H2,1-2H3/t16-,17-/m0/s1. The summed E-state index contributed by atoms with van der Waals surface area (Å²) in [4.78, 5) is 26.6. The van der Waals surface area contributed by atoms with E-state index in [-0.39, 0.29) is 5.92 Å². The summed E-state index contributed by atoms with van der Waals surface area (Å²) in [5.41, 5.74) is 6.87. The fourth-order valence-corrected chi connectivity index (χ4v) is 3.07. The normalized spacial score (nSPS) is 16.6. The minimum atomic E-state index is -1.07. The lowest BCUT2D eigenvalue weighted by atomic mass is 10.0. The Morgan fingerprint density at radius 2 is 1.74 bits per heavy atom. The Balaban J connectivity index is 2.00. The van der Waals surface area contributed by atoms with E-state index in [9.17, 15) is 18.4 Å². The number of halogens is 2. The summed E-state index contributed by atoms with van der Waals surface area (Å²) in [5, 5.41) is 3.02. The second kappa shape index (κ2) is 7.44. The first-order chi connectivity index (χ1) is 12.8. The molecule has 3 rings (SSSR count). The van der Waals surface area contributed by atoms with Crippen LogP contribution in [0.25, 0.3) is 0 Å². The molecule has 2 aromatic carbocycles. The third kappa shape index (κ3) is 3.55. The third-order valence-corrected chi connectivity index (χ3v) is 4.67. The zero-order chi connectivity index (χ0) is 19.7. The van der Waals surface area contributed by atoms with E-state index in [0.717, 1.165) is 23.4 Å². The Morgan fingerprint density at radius 3 is 2.33 bits per heavy atom. The molecule has 1 aliphatic heterocycles. The summed E-state index contributed by atoms with van der Waals surface area (Å²) in [7, 11) is 0. The smallest absolute Gasteiger partial charge is 0.256 e. The number of anilines is 2. The van der Waals surface area contributed by atoms with E-state index < -0.39 is 41.2 Å². The van der Waals surface area contributed by atoms with Gasteiger partial charge in [0.1, 0.15) is 23.4 Å². The largest absolute Gasteiger partial charge is 0.373 e. The van der Waals surface area contributed by atoms with Crippen LogP contribution in [0.5, 0.6) is 0 Å². The van der Waals surface area contributed by atoms with Gasteiger partial charge in [-0.25, -0.2) is 13.7 Å². The predicted molar refractivity (Wildman–Crippen MR) is 99.2 cm³/mol. The molecule has 3 N–H and O–H groups in total. The highest BCUT2D eigenvalue weighted by molar-refractivity contribution is 6.19. The molecule has 0 spiro atoms. The first-order valence-electron chi connectivity index (χ1n) is 8.73. The highest BCUT2D eigenvalue weighted by Gasteiger charge is 2.38. The molecule has 2 atom stereocenters. The SMILES string of the molecule is CC(C)[C@H](N)C(=O)N(C(=O)[C@@H]1Cc2ccccc2N1)c1c(F)cccc1F. The second-order valence-corrected chi connectivity index (χ2v) is 6.91. The summed E-state index contributed by atoms with van der Waals surface area (Å²) in [6, 6.07) is 8.60. The maximum absolute atomic E-state index is 14.4. The lowest BCUT2D eigenvalue weighted by Crippen LogP contribution is -2.53. The van der Waals surface area contributed by atoms with Crippen molar-refractivity contribution in [2.45, 2.75) is 32.4 Å². The van der Waals surface area contributed by atoms with E-state index in [2.05, 4.69) is 5.32 Å². The number of nitrogens with zero attached hydrogens (tertiary/aromatic N) is 1. The fourth-order valence-electron chi connectivity index (χ4n) is 3.07. The van der Waals surface area contributed by atoms with Gasteiger partial charge < -0.3 is 11.1 Å². The molecule has 7 heteroatoms. The van der Waals surface area contributed by atoms with Gasteiger partial charge in [-0.3, -0.25) is 9.59 Å². The number of rotatable bonds is 4. The summed E-state index contributed by atoms with van der Waals surface area (Å²) in [6.07, 6.45) is 0.311. The average molecular weight is 373 g/mol. The Kier molecular flexibility index (Phi) is 5.23. The number of carbonyl (C=O) groups is 2. The molecule has 5 nitrogen and oxygen atoms in total. The van der Waals surface area contributed by atoms with Crippen LogP contribution in [0, 0.1) is 17.6 Å². The van der Waals surface area contributed by atoms with Gasteiger partial charge in [0, 0.05) is 12.1 Å². The Labute approximate surface area is 156 Å². The molecule has 2 amide bonds. The maximum Gasteiger partial charge on any atom is 0.256 e. The van der Waals surface area contributed by atoms with E-state index in [1.54, 1.807) is 19.9 Å². The van der Waals surface area contributed by atoms with Gasteiger partial charge in [0.15, 0.2) is 0 Å². The van der Waals surface area contributed by atoms with Gasteiger partial charge in [0.2, 0.25) is 0 Å². The van der Waals surface area contributed by atoms with Crippen molar-refractivity contribution in [3.63, 3.8) is 0 Å². The molecule has 2 aromatic rings. The van der Waals surface area contributed by atoms with Gasteiger partial charge in [0.25, 0.3) is 11.8 Å². The van der Waals surface area contributed by atoms with Gasteiger partial charge >= 0.3 is 0 Å². The molecule has 0 bridgehead atoms. The first-order valence-corrected chi connectivity index (χ1v) is 8.73. The molecule has 0 aromatic heterocycles. The average Bonchev–Trinajstić information content (AvgIpc) is 3.07. The molecule has 27 heavy (non-hydrogen) atoms. The van der Waals surface area contributed by atoms with Crippen molar-refractivity contribution >= 4 is 23.2 Å². The number of nitrogens with one attached hydrogen (secondary N) is 1. The van der Waals surface area contributed by atoms with Crippen LogP contribution in [-0.4, -0.2) is 23.9 Å². The predicted octanol–water partition coefficient (Wildman–Crippen LogP) is 2.84. The van der Waals surface area contributed by atoms with Crippen LogP contribution < -0.4 is 16.0 Å². The van der Waals surface area contributed by atoms with Crippen molar-refractivity contribution in [1.82, 2.24) is 0 Å². The zero-order valence-corrected chi connectivity index (χ0v) is 15.1. The molecule has 1 heterocycles. The van der Waals surface area contributed by atoms with Crippen molar-refractivity contribution in [2.75, 3.05) is 10.2 Å². The van der Waals surface area contributed by atoms with Crippen LogP contribution >= 0.6 is 0 Å². The number of imide groups is 1. The topological polar surface area (TPSA) is 75.4 Å². The van der Waals surface area contributed by atoms with E-state index >= 15 is 0 Å². The molecule has 1 aliphatic rings. The van der Waals surface area contributed by atoms with Crippen LogP contribution in [0.1, 0.15) is 19.4 Å². The second-order valence-electron chi connectivity index (χ2n) is 6.91. The van der Waals surface area contributed by atoms with E-state index in [4.69, 9.17) is 5.73 Å². The third-order valence-electron chi connectivity index (χ3n) is 4.67. The van der Waals surface area contributed by atoms with Crippen LogP contribution in [0.4, 0.5) is 20.2 Å². The molecule has 0 fully saturated rings. The quantitative estimate of drug-likeness (QED) is 0.864. The molecule has 0 aliphatic carbocycles. The van der Waals surface area contributed by atoms with Crippen molar-refractivity contribution in [3.8, 4) is 0 Å². The first kappa shape index (κ1) is 19.0. The molecule has 0 unspecified atom stereocenters. The summed E-state index contributed by atoms with van der Waals surface area (Å²) in [6.45, 7) is 3.40. The van der Waals surface area contributed by atoms with Crippen LogP contribution in [-0.2, 0) is 16.0 Å². The van der Waals surface area contributed by atoms with Crippen molar-refractivity contribution in [2.24, 2.45) is 11.7 Å². The van der Waals surface area contributed by atoms with Gasteiger partial charge in [-0.05, 0) is 29.7 Å². The van der Waals surface area contributed by atoms with Crippen LogP contribution in [0.2, 0.25) is 0 Å². The highest BCUT2D eigenvalue weighted by atomic mass is 19.1. The molecular formula is C20H21F2N3O2. The lowest BCUT2D eigenvalue weighted by Gasteiger charge is -2.28. The molecular weight excluding hydrogens is 352 g/mol. The van der Waals surface area contributed by atoms with Gasteiger partial charge in [-0.15, -0.1) is 0 Å². The Morgan fingerprint density at radius 1 is 1.11 bits per heavy atom. The van der Waals surface area contributed by atoms with Crippen molar-refractivity contribution in [3.05, 3.63) is 59.7 Å². The minimum Gasteiger partial charge on any atom is -0.373 e. The van der Waals surface area contributed by atoms with E-state index in [1.807, 2.05) is 18.2 Å². The lowest BCUT2D eigenvalue weighted by molar-refractivity contribution is -0.128. The number of hydrogen-bond acceptors (Lipinski definition) is 4. The molecule has 142 valence electrons. The van der Waals surface area contributed by atoms with E-state index in [1.165, 1.54) is 6.07 Å².